The van der Waals surface area contributed by atoms with Crippen LogP contribution >= 0.6 is 0 Å². The third-order valence-corrected chi connectivity index (χ3v) is 1.97. The van der Waals surface area contributed by atoms with Crippen molar-refractivity contribution in [3.63, 3.8) is 0 Å². The van der Waals surface area contributed by atoms with Crippen molar-refractivity contribution in [2.24, 2.45) is 4.36 Å². The molecule has 1 heterocycles. The molecule has 1 saturated heterocycles. The summed E-state index contributed by atoms with van der Waals surface area (Å²) in [5.74, 6) is 0. The lowest BCUT2D eigenvalue weighted by molar-refractivity contribution is 0.450. The van der Waals surface area contributed by atoms with E-state index in [9.17, 15) is 4.21 Å². The minimum absolute atomic E-state index is 0.312. The Bertz CT molecular complexity index is 193. The summed E-state index contributed by atoms with van der Waals surface area (Å²) in [6, 6.07) is 0.312. The molecule has 1 N–H and O–H groups in total. The SMILES string of the molecule is CS(C)(=O)=NC1CNC1. The molecule has 9 heavy (non-hydrogen) atoms. The summed E-state index contributed by atoms with van der Waals surface area (Å²) in [7, 11) is -1.85. The molecule has 0 bridgehead atoms. The van der Waals surface area contributed by atoms with Gasteiger partial charge in [0.25, 0.3) is 0 Å². The van der Waals surface area contributed by atoms with Gasteiger partial charge < -0.3 is 5.32 Å². The van der Waals surface area contributed by atoms with E-state index < -0.39 is 9.73 Å². The highest BCUT2D eigenvalue weighted by molar-refractivity contribution is 7.92. The maximum atomic E-state index is 11.0. The van der Waals surface area contributed by atoms with Crippen molar-refractivity contribution >= 4 is 9.73 Å². The minimum atomic E-state index is -1.85. The molecular weight excluding hydrogens is 136 g/mol. The van der Waals surface area contributed by atoms with Gasteiger partial charge in [0.1, 0.15) is 0 Å². The number of hydrogen-bond donors (Lipinski definition) is 1. The average molecular weight is 148 g/mol. The van der Waals surface area contributed by atoms with E-state index in [4.69, 9.17) is 0 Å². The summed E-state index contributed by atoms with van der Waals surface area (Å²) in [5, 5.41) is 3.06. The summed E-state index contributed by atoms with van der Waals surface area (Å²) in [5.41, 5.74) is 0. The summed E-state index contributed by atoms with van der Waals surface area (Å²) in [6.07, 6.45) is 3.34. The lowest BCUT2D eigenvalue weighted by Crippen LogP contribution is -2.45. The van der Waals surface area contributed by atoms with E-state index in [-0.39, 0.29) is 0 Å². The van der Waals surface area contributed by atoms with Crippen LogP contribution in [0.1, 0.15) is 0 Å². The fourth-order valence-corrected chi connectivity index (χ4v) is 1.57. The highest BCUT2D eigenvalue weighted by Gasteiger charge is 2.15. The van der Waals surface area contributed by atoms with Crippen LogP contribution in [0.2, 0.25) is 0 Å². The Kier molecular flexibility index (Phi) is 1.77. The Morgan fingerprint density at radius 1 is 1.56 bits per heavy atom. The third kappa shape index (κ3) is 2.32. The van der Waals surface area contributed by atoms with Crippen LogP contribution in [0.15, 0.2) is 4.36 Å². The summed E-state index contributed by atoms with van der Waals surface area (Å²) in [4.78, 5) is 0. The van der Waals surface area contributed by atoms with Gasteiger partial charge >= 0.3 is 0 Å². The van der Waals surface area contributed by atoms with Crippen molar-refractivity contribution in [1.29, 1.82) is 0 Å². The van der Waals surface area contributed by atoms with Gasteiger partial charge in [0.2, 0.25) is 0 Å². The van der Waals surface area contributed by atoms with Gasteiger partial charge in [-0.15, -0.1) is 0 Å². The maximum Gasteiger partial charge on any atom is 0.0842 e. The Balaban J connectivity index is 2.57. The molecule has 3 nitrogen and oxygen atoms in total. The number of hydrogen-bond acceptors (Lipinski definition) is 3. The number of nitrogens with zero attached hydrogens (tertiary/aromatic N) is 1. The second-order valence-corrected chi connectivity index (χ2v) is 5.17. The van der Waals surface area contributed by atoms with Crippen LogP contribution < -0.4 is 5.32 Å². The van der Waals surface area contributed by atoms with Crippen molar-refractivity contribution in [2.75, 3.05) is 25.6 Å². The second-order valence-electron chi connectivity index (χ2n) is 2.60. The maximum absolute atomic E-state index is 11.0. The first-order valence-electron chi connectivity index (χ1n) is 2.95. The molecule has 0 unspecified atom stereocenters. The predicted octanol–water partition coefficient (Wildman–Crippen LogP) is -0.314. The molecule has 1 fully saturated rings. The van der Waals surface area contributed by atoms with Crippen LogP contribution in [0.5, 0.6) is 0 Å². The quantitative estimate of drug-likeness (QED) is 0.554. The van der Waals surface area contributed by atoms with E-state index in [1.807, 2.05) is 0 Å². The molecule has 4 heteroatoms. The summed E-state index contributed by atoms with van der Waals surface area (Å²) in [6.45, 7) is 1.80. The van der Waals surface area contributed by atoms with Gasteiger partial charge in [0, 0.05) is 35.3 Å². The topological polar surface area (TPSA) is 41.5 Å². The number of nitrogens with one attached hydrogen (secondary N) is 1. The first-order chi connectivity index (χ1) is 4.08. The van der Waals surface area contributed by atoms with Gasteiger partial charge in [-0.25, -0.2) is 4.36 Å². The average Bonchev–Trinajstić information content (AvgIpc) is 1.53. The van der Waals surface area contributed by atoms with Gasteiger partial charge in [-0.1, -0.05) is 0 Å². The minimum Gasteiger partial charge on any atom is -0.312 e. The first kappa shape index (κ1) is 7.02. The largest absolute Gasteiger partial charge is 0.312 e. The summed E-state index contributed by atoms with van der Waals surface area (Å²) < 4.78 is 15.1. The molecule has 0 aromatic heterocycles. The van der Waals surface area contributed by atoms with Crippen LogP contribution in [0.25, 0.3) is 0 Å². The third-order valence-electron chi connectivity index (χ3n) is 1.16. The van der Waals surface area contributed by atoms with E-state index in [0.29, 0.717) is 6.04 Å². The van der Waals surface area contributed by atoms with Gasteiger partial charge in [0.15, 0.2) is 0 Å². The fraction of sp³-hybridized carbons (Fsp3) is 1.00. The molecular formula is C5H12N2OS. The molecule has 0 spiro atoms. The Morgan fingerprint density at radius 3 is 2.22 bits per heavy atom. The molecule has 0 aromatic rings. The molecule has 0 aromatic carbocycles. The van der Waals surface area contributed by atoms with Crippen molar-refractivity contribution in [3.8, 4) is 0 Å². The van der Waals surface area contributed by atoms with Gasteiger partial charge in [0.05, 0.1) is 6.04 Å². The van der Waals surface area contributed by atoms with Crippen molar-refractivity contribution in [2.45, 2.75) is 6.04 Å². The normalized spacial score (nSPS) is 21.1. The zero-order valence-electron chi connectivity index (χ0n) is 5.76. The molecule has 0 saturated carbocycles. The first-order valence-corrected chi connectivity index (χ1v) is 5.28. The Hall–Kier alpha value is -0.0900. The lowest BCUT2D eigenvalue weighted by Gasteiger charge is -2.22. The monoisotopic (exact) mass is 148 g/mol. The van der Waals surface area contributed by atoms with E-state index in [1.54, 1.807) is 12.5 Å². The Morgan fingerprint density at radius 2 is 2.11 bits per heavy atom. The smallest absolute Gasteiger partial charge is 0.0842 e. The van der Waals surface area contributed by atoms with Crippen LogP contribution in [-0.4, -0.2) is 35.9 Å². The molecule has 1 aliphatic rings. The van der Waals surface area contributed by atoms with Crippen LogP contribution in [0.4, 0.5) is 0 Å². The molecule has 0 radical (unpaired) electrons. The highest BCUT2D eigenvalue weighted by Crippen LogP contribution is 1.99. The van der Waals surface area contributed by atoms with E-state index in [2.05, 4.69) is 9.68 Å². The van der Waals surface area contributed by atoms with E-state index in [0.717, 1.165) is 13.1 Å². The zero-order chi connectivity index (χ0) is 6.91. The number of rotatable bonds is 1. The fourth-order valence-electron chi connectivity index (χ4n) is 0.707. The standard InChI is InChI=1S/C5H12N2OS/c1-9(2,8)7-5-3-6-4-5/h5-6H,3-4H2,1-2H3. The van der Waals surface area contributed by atoms with E-state index >= 15 is 0 Å². The predicted molar refractivity (Wildman–Crippen MR) is 39.1 cm³/mol. The van der Waals surface area contributed by atoms with Crippen molar-refractivity contribution in [1.82, 2.24) is 5.32 Å². The molecule has 0 atom stereocenters. The molecule has 0 amide bonds. The van der Waals surface area contributed by atoms with Crippen molar-refractivity contribution in [3.05, 3.63) is 0 Å². The molecule has 0 aliphatic carbocycles. The van der Waals surface area contributed by atoms with Gasteiger partial charge in [-0.3, -0.25) is 4.21 Å². The van der Waals surface area contributed by atoms with Crippen molar-refractivity contribution < 1.29 is 4.21 Å². The van der Waals surface area contributed by atoms with Crippen LogP contribution in [-0.2, 0) is 9.73 Å². The van der Waals surface area contributed by atoms with Gasteiger partial charge in [-0.2, -0.15) is 0 Å². The summed E-state index contributed by atoms with van der Waals surface area (Å²) >= 11 is 0. The van der Waals surface area contributed by atoms with E-state index in [1.165, 1.54) is 0 Å². The lowest BCUT2D eigenvalue weighted by atomic mass is 10.2. The molecule has 54 valence electrons. The highest BCUT2D eigenvalue weighted by atomic mass is 32.2. The molecule has 1 rings (SSSR count). The second kappa shape index (κ2) is 2.27. The van der Waals surface area contributed by atoms with Gasteiger partial charge in [-0.05, 0) is 0 Å². The zero-order valence-corrected chi connectivity index (χ0v) is 6.57. The molecule has 1 aliphatic heterocycles. The van der Waals surface area contributed by atoms with Crippen LogP contribution in [0.3, 0.4) is 0 Å². The Labute approximate surface area is 56.0 Å². The van der Waals surface area contributed by atoms with Crippen LogP contribution in [0, 0.1) is 0 Å².